The second-order valence-corrected chi connectivity index (χ2v) is 6.12. The molecule has 3 aromatic rings. The Morgan fingerprint density at radius 1 is 1.19 bits per heavy atom. The fourth-order valence-electron chi connectivity index (χ4n) is 3.08. The van der Waals surface area contributed by atoms with E-state index in [1.54, 1.807) is 17.1 Å². The van der Waals surface area contributed by atoms with Gasteiger partial charge in [0.1, 0.15) is 6.04 Å². The van der Waals surface area contributed by atoms with Gasteiger partial charge >= 0.3 is 0 Å². The zero-order valence-electron chi connectivity index (χ0n) is 14.3. The van der Waals surface area contributed by atoms with Crippen molar-refractivity contribution >= 4 is 17.5 Å². The van der Waals surface area contributed by atoms with Gasteiger partial charge in [-0.15, -0.1) is 0 Å². The molecule has 0 saturated carbocycles. The number of aryl methyl sites for hydroxylation is 1. The van der Waals surface area contributed by atoms with Crippen LogP contribution in [0.25, 0.3) is 0 Å². The predicted molar refractivity (Wildman–Crippen MR) is 96.3 cm³/mol. The van der Waals surface area contributed by atoms with E-state index in [1.165, 1.54) is 0 Å². The van der Waals surface area contributed by atoms with Crippen molar-refractivity contribution in [3.63, 3.8) is 0 Å². The molecule has 0 fully saturated rings. The lowest BCUT2D eigenvalue weighted by Crippen LogP contribution is -2.31. The number of fused-ring (bicyclic) bond motifs is 1. The number of anilines is 2. The first-order chi connectivity index (χ1) is 12.6. The first-order valence-electron chi connectivity index (χ1n) is 8.17. The van der Waals surface area contributed by atoms with Gasteiger partial charge in [-0.3, -0.25) is 9.78 Å². The van der Waals surface area contributed by atoms with E-state index in [1.807, 2.05) is 50.2 Å². The third-order valence-corrected chi connectivity index (χ3v) is 4.26. The van der Waals surface area contributed by atoms with Crippen molar-refractivity contribution in [2.75, 3.05) is 10.6 Å². The Bertz CT molecular complexity index is 994. The molecular formula is C18H17N7O. The van der Waals surface area contributed by atoms with Gasteiger partial charge in [0.15, 0.2) is 0 Å². The lowest BCUT2D eigenvalue weighted by Gasteiger charge is -2.27. The van der Waals surface area contributed by atoms with Crippen LogP contribution < -0.4 is 10.6 Å². The summed E-state index contributed by atoms with van der Waals surface area (Å²) in [6.07, 6.45) is 3.37. The number of nitrogens with one attached hydrogen (secondary N) is 2. The number of carbonyl (C=O) groups is 1. The molecule has 2 aromatic heterocycles. The third-order valence-electron chi connectivity index (χ3n) is 4.26. The number of carbonyl (C=O) groups excluding carboxylic acids is 1. The van der Waals surface area contributed by atoms with Crippen molar-refractivity contribution in [3.8, 4) is 0 Å². The Hall–Kier alpha value is -3.55. The monoisotopic (exact) mass is 347 g/mol. The van der Waals surface area contributed by atoms with Crippen LogP contribution in [0.1, 0.15) is 24.1 Å². The Morgan fingerprint density at radius 3 is 2.77 bits per heavy atom. The maximum Gasteiger partial charge on any atom is 0.255 e. The molecule has 4 rings (SSSR count). The summed E-state index contributed by atoms with van der Waals surface area (Å²) in [6.45, 7) is 3.83. The number of benzene rings is 1. The van der Waals surface area contributed by atoms with Crippen molar-refractivity contribution in [2.45, 2.75) is 19.9 Å². The molecule has 8 nitrogen and oxygen atoms in total. The summed E-state index contributed by atoms with van der Waals surface area (Å²) in [5.74, 6) is 0.292. The molecular weight excluding hydrogens is 330 g/mol. The standard InChI is InChI=1S/C18H17N7O/c1-11-4-3-5-14(10-11)21-17(26)15-12(2)20-18-22-23-24-25(18)16(15)13-6-8-19-9-7-13/h3-10,16H,1-2H3,(H,21,26)(H,20,22,24). The summed E-state index contributed by atoms with van der Waals surface area (Å²) < 4.78 is 1.60. The number of nitrogens with zero attached hydrogens (tertiary/aromatic N) is 5. The van der Waals surface area contributed by atoms with Crippen molar-refractivity contribution in [2.24, 2.45) is 0 Å². The van der Waals surface area contributed by atoms with Gasteiger partial charge in [0.05, 0.1) is 5.57 Å². The summed E-state index contributed by atoms with van der Waals surface area (Å²) in [5, 5.41) is 17.8. The summed E-state index contributed by atoms with van der Waals surface area (Å²) in [7, 11) is 0. The van der Waals surface area contributed by atoms with Crippen LogP contribution in [0.2, 0.25) is 0 Å². The fourth-order valence-corrected chi connectivity index (χ4v) is 3.08. The summed E-state index contributed by atoms with van der Waals surface area (Å²) >= 11 is 0. The summed E-state index contributed by atoms with van der Waals surface area (Å²) in [4.78, 5) is 17.2. The topological polar surface area (TPSA) is 97.6 Å². The van der Waals surface area contributed by atoms with Crippen LogP contribution in [0.3, 0.4) is 0 Å². The van der Waals surface area contributed by atoms with Crippen molar-refractivity contribution in [3.05, 3.63) is 71.2 Å². The van der Waals surface area contributed by atoms with Gasteiger partial charge in [-0.05, 0) is 59.7 Å². The molecule has 1 atom stereocenters. The first kappa shape index (κ1) is 15.9. The number of amides is 1. The molecule has 130 valence electrons. The maximum atomic E-state index is 13.1. The summed E-state index contributed by atoms with van der Waals surface area (Å²) in [5.41, 5.74) is 3.95. The second kappa shape index (κ2) is 6.40. The lowest BCUT2D eigenvalue weighted by molar-refractivity contribution is -0.113. The van der Waals surface area contributed by atoms with E-state index < -0.39 is 6.04 Å². The smallest absolute Gasteiger partial charge is 0.255 e. The quantitative estimate of drug-likeness (QED) is 0.754. The minimum Gasteiger partial charge on any atom is -0.326 e. The minimum absolute atomic E-state index is 0.205. The molecule has 1 amide bonds. The van der Waals surface area contributed by atoms with E-state index in [2.05, 4.69) is 31.1 Å². The van der Waals surface area contributed by atoms with Gasteiger partial charge in [-0.1, -0.05) is 17.2 Å². The van der Waals surface area contributed by atoms with E-state index in [4.69, 9.17) is 0 Å². The van der Waals surface area contributed by atoms with Gasteiger partial charge < -0.3 is 10.6 Å². The van der Waals surface area contributed by atoms with Crippen molar-refractivity contribution < 1.29 is 4.79 Å². The number of rotatable bonds is 3. The largest absolute Gasteiger partial charge is 0.326 e. The zero-order valence-corrected chi connectivity index (χ0v) is 14.3. The molecule has 26 heavy (non-hydrogen) atoms. The number of hydrogen-bond acceptors (Lipinski definition) is 6. The molecule has 0 radical (unpaired) electrons. The third kappa shape index (κ3) is 2.81. The van der Waals surface area contributed by atoms with Crippen LogP contribution >= 0.6 is 0 Å². The normalized spacial score (nSPS) is 16.0. The second-order valence-electron chi connectivity index (χ2n) is 6.12. The van der Waals surface area contributed by atoms with Crippen molar-refractivity contribution in [1.29, 1.82) is 0 Å². The number of pyridine rings is 1. The molecule has 2 N–H and O–H groups in total. The molecule has 8 heteroatoms. The molecule has 1 aromatic carbocycles. The van der Waals surface area contributed by atoms with E-state index in [9.17, 15) is 4.79 Å². The summed E-state index contributed by atoms with van der Waals surface area (Å²) in [6, 6.07) is 11.0. The van der Waals surface area contributed by atoms with Crippen LogP contribution in [0.15, 0.2) is 60.1 Å². The van der Waals surface area contributed by atoms with Crippen LogP contribution in [-0.4, -0.2) is 31.1 Å². The van der Waals surface area contributed by atoms with Gasteiger partial charge in [0, 0.05) is 23.8 Å². The highest BCUT2D eigenvalue weighted by Gasteiger charge is 2.33. The number of tetrazole rings is 1. The number of hydrogen-bond donors (Lipinski definition) is 2. The van der Waals surface area contributed by atoms with Gasteiger partial charge in [0.25, 0.3) is 5.91 Å². The lowest BCUT2D eigenvalue weighted by atomic mass is 9.96. The highest BCUT2D eigenvalue weighted by Crippen LogP contribution is 2.34. The van der Waals surface area contributed by atoms with E-state index in [0.29, 0.717) is 17.2 Å². The Balaban J connectivity index is 1.75. The fraction of sp³-hybridized carbons (Fsp3) is 0.167. The highest BCUT2D eigenvalue weighted by molar-refractivity contribution is 6.06. The average Bonchev–Trinajstić information content (AvgIpc) is 3.09. The first-order valence-corrected chi connectivity index (χ1v) is 8.17. The number of aromatic nitrogens is 5. The van der Waals surface area contributed by atoms with E-state index in [-0.39, 0.29) is 5.91 Å². The van der Waals surface area contributed by atoms with E-state index >= 15 is 0 Å². The average molecular weight is 347 g/mol. The van der Waals surface area contributed by atoms with E-state index in [0.717, 1.165) is 16.8 Å². The minimum atomic E-state index is -0.436. The van der Waals surface area contributed by atoms with Crippen LogP contribution in [0.4, 0.5) is 11.6 Å². The SMILES string of the molecule is CC1=C(C(=O)Nc2cccc(C)c2)C(c2ccncc2)n2nnnc2N1. The van der Waals surface area contributed by atoms with Gasteiger partial charge in [-0.2, -0.15) is 4.68 Å². The Kier molecular flexibility index (Phi) is 3.92. The zero-order chi connectivity index (χ0) is 18.1. The molecule has 1 aliphatic rings. The molecule has 0 bridgehead atoms. The highest BCUT2D eigenvalue weighted by atomic mass is 16.1. The molecule has 0 spiro atoms. The van der Waals surface area contributed by atoms with Gasteiger partial charge in [0.2, 0.25) is 5.95 Å². The van der Waals surface area contributed by atoms with Crippen LogP contribution in [0, 0.1) is 6.92 Å². The molecule has 1 unspecified atom stereocenters. The molecule has 0 saturated heterocycles. The molecule has 3 heterocycles. The van der Waals surface area contributed by atoms with Gasteiger partial charge in [-0.25, -0.2) is 0 Å². The van der Waals surface area contributed by atoms with Crippen LogP contribution in [-0.2, 0) is 4.79 Å². The van der Waals surface area contributed by atoms with Crippen LogP contribution in [0.5, 0.6) is 0 Å². The molecule has 0 aliphatic carbocycles. The maximum absolute atomic E-state index is 13.1. The van der Waals surface area contributed by atoms with Crippen molar-refractivity contribution in [1.82, 2.24) is 25.2 Å². The Labute approximate surface area is 150 Å². The predicted octanol–water partition coefficient (Wildman–Crippen LogP) is 2.30. The Morgan fingerprint density at radius 2 is 2.00 bits per heavy atom. The number of allylic oxidation sites excluding steroid dienone is 1. The molecule has 1 aliphatic heterocycles.